The number of anilines is 1. The molecule has 74 valence electrons. The van der Waals surface area contributed by atoms with Gasteiger partial charge in [-0.25, -0.2) is 0 Å². The van der Waals surface area contributed by atoms with Crippen LogP contribution in [0.15, 0.2) is 30.3 Å². The molecule has 0 radical (unpaired) electrons. The van der Waals surface area contributed by atoms with E-state index in [0.29, 0.717) is 0 Å². The molecule has 0 atom stereocenters. The maximum atomic E-state index is 12.0. The van der Waals surface area contributed by atoms with Crippen molar-refractivity contribution in [3.8, 4) is 0 Å². The second-order valence-electron chi connectivity index (χ2n) is 4.26. The smallest absolute Gasteiger partial charge is 0.232 e. The standard InChI is InChI=1S/C12H15NO/c1-12(8-9-12)11(14)13(2)10-6-4-3-5-7-10/h3-7H,8-9H2,1-2H3. The van der Waals surface area contributed by atoms with Crippen molar-refractivity contribution in [2.45, 2.75) is 19.8 Å². The minimum Gasteiger partial charge on any atom is -0.315 e. The van der Waals surface area contributed by atoms with Gasteiger partial charge in [-0.15, -0.1) is 0 Å². The summed E-state index contributed by atoms with van der Waals surface area (Å²) in [7, 11) is 1.85. The number of nitrogens with zero attached hydrogens (tertiary/aromatic N) is 1. The first-order chi connectivity index (χ1) is 6.63. The molecule has 1 aliphatic carbocycles. The highest BCUT2D eigenvalue weighted by Crippen LogP contribution is 2.46. The van der Waals surface area contributed by atoms with Crippen LogP contribution in [0.3, 0.4) is 0 Å². The predicted molar refractivity (Wildman–Crippen MR) is 57.2 cm³/mol. The van der Waals surface area contributed by atoms with Crippen LogP contribution >= 0.6 is 0 Å². The Morgan fingerprint density at radius 1 is 1.29 bits per heavy atom. The number of benzene rings is 1. The van der Waals surface area contributed by atoms with Gasteiger partial charge in [0.2, 0.25) is 5.91 Å². The van der Waals surface area contributed by atoms with Crippen molar-refractivity contribution in [3.05, 3.63) is 30.3 Å². The highest BCUT2D eigenvalue weighted by molar-refractivity contribution is 5.98. The van der Waals surface area contributed by atoms with Gasteiger partial charge in [0.1, 0.15) is 0 Å². The summed E-state index contributed by atoms with van der Waals surface area (Å²) in [5.74, 6) is 0.240. The number of hydrogen-bond acceptors (Lipinski definition) is 1. The second-order valence-corrected chi connectivity index (χ2v) is 4.26. The third-order valence-corrected chi connectivity index (χ3v) is 2.96. The monoisotopic (exact) mass is 189 g/mol. The molecule has 1 aromatic carbocycles. The van der Waals surface area contributed by atoms with E-state index in [4.69, 9.17) is 0 Å². The molecule has 0 spiro atoms. The molecule has 1 amide bonds. The molecule has 1 aromatic rings. The van der Waals surface area contributed by atoms with Crippen LogP contribution in [0.4, 0.5) is 5.69 Å². The molecule has 0 N–H and O–H groups in total. The lowest BCUT2D eigenvalue weighted by Gasteiger charge is -2.20. The van der Waals surface area contributed by atoms with Gasteiger partial charge in [-0.05, 0) is 25.0 Å². The third kappa shape index (κ3) is 1.52. The number of para-hydroxylation sites is 1. The summed E-state index contributed by atoms with van der Waals surface area (Å²) < 4.78 is 0. The molecule has 0 heterocycles. The van der Waals surface area contributed by atoms with Gasteiger partial charge >= 0.3 is 0 Å². The first kappa shape index (κ1) is 9.25. The number of rotatable bonds is 2. The maximum absolute atomic E-state index is 12.0. The first-order valence-corrected chi connectivity index (χ1v) is 4.97. The van der Waals surface area contributed by atoms with Crippen molar-refractivity contribution >= 4 is 11.6 Å². The molecular weight excluding hydrogens is 174 g/mol. The van der Waals surface area contributed by atoms with Crippen molar-refractivity contribution in [1.82, 2.24) is 0 Å². The number of carbonyl (C=O) groups excluding carboxylic acids is 1. The normalized spacial score (nSPS) is 17.6. The zero-order valence-electron chi connectivity index (χ0n) is 8.66. The fraction of sp³-hybridized carbons (Fsp3) is 0.417. The van der Waals surface area contributed by atoms with E-state index in [2.05, 4.69) is 0 Å². The van der Waals surface area contributed by atoms with E-state index in [1.807, 2.05) is 44.3 Å². The molecule has 2 rings (SSSR count). The molecule has 0 aliphatic heterocycles. The summed E-state index contributed by atoms with van der Waals surface area (Å²) in [4.78, 5) is 13.7. The maximum Gasteiger partial charge on any atom is 0.232 e. The molecule has 14 heavy (non-hydrogen) atoms. The Bertz CT molecular complexity index is 341. The molecular formula is C12H15NO. The van der Waals surface area contributed by atoms with Gasteiger partial charge in [-0.2, -0.15) is 0 Å². The highest BCUT2D eigenvalue weighted by Gasteiger charge is 2.46. The molecule has 1 aliphatic rings. The average molecular weight is 189 g/mol. The minimum atomic E-state index is -0.0788. The van der Waals surface area contributed by atoms with Crippen LogP contribution in [0.2, 0.25) is 0 Å². The lowest BCUT2D eigenvalue weighted by atomic mass is 10.1. The largest absolute Gasteiger partial charge is 0.315 e. The van der Waals surface area contributed by atoms with Gasteiger partial charge in [0.05, 0.1) is 0 Å². The Balaban J connectivity index is 2.16. The Morgan fingerprint density at radius 2 is 1.86 bits per heavy atom. The van der Waals surface area contributed by atoms with Crippen LogP contribution in [0.5, 0.6) is 0 Å². The van der Waals surface area contributed by atoms with Crippen molar-refractivity contribution in [2.24, 2.45) is 5.41 Å². The van der Waals surface area contributed by atoms with Gasteiger partial charge in [0.25, 0.3) is 0 Å². The van der Waals surface area contributed by atoms with Gasteiger partial charge in [0, 0.05) is 18.2 Å². The van der Waals surface area contributed by atoms with Crippen molar-refractivity contribution in [2.75, 3.05) is 11.9 Å². The van der Waals surface area contributed by atoms with E-state index in [9.17, 15) is 4.79 Å². The molecule has 2 heteroatoms. The molecule has 0 aromatic heterocycles. The fourth-order valence-corrected chi connectivity index (χ4v) is 1.58. The summed E-state index contributed by atoms with van der Waals surface area (Å²) in [6, 6.07) is 9.79. The molecule has 1 fully saturated rings. The first-order valence-electron chi connectivity index (χ1n) is 4.97. The number of hydrogen-bond donors (Lipinski definition) is 0. The van der Waals surface area contributed by atoms with E-state index in [1.54, 1.807) is 4.90 Å². The molecule has 1 saturated carbocycles. The molecule has 2 nitrogen and oxygen atoms in total. The summed E-state index contributed by atoms with van der Waals surface area (Å²) in [6.07, 6.45) is 2.06. The van der Waals surface area contributed by atoms with E-state index in [1.165, 1.54) is 0 Å². The van der Waals surface area contributed by atoms with Crippen LogP contribution in [0.25, 0.3) is 0 Å². The van der Waals surface area contributed by atoms with Crippen molar-refractivity contribution < 1.29 is 4.79 Å². The summed E-state index contributed by atoms with van der Waals surface area (Å²) >= 11 is 0. The van der Waals surface area contributed by atoms with Crippen LogP contribution in [0, 0.1) is 5.41 Å². The predicted octanol–water partition coefficient (Wildman–Crippen LogP) is 2.45. The topological polar surface area (TPSA) is 20.3 Å². The van der Waals surface area contributed by atoms with E-state index < -0.39 is 0 Å². The number of amides is 1. The quantitative estimate of drug-likeness (QED) is 0.699. The lowest BCUT2D eigenvalue weighted by molar-refractivity contribution is -0.122. The summed E-state index contributed by atoms with van der Waals surface area (Å²) in [6.45, 7) is 2.04. The van der Waals surface area contributed by atoms with Crippen LogP contribution in [-0.4, -0.2) is 13.0 Å². The van der Waals surface area contributed by atoms with E-state index >= 15 is 0 Å². The van der Waals surface area contributed by atoms with Crippen LogP contribution in [0.1, 0.15) is 19.8 Å². The molecule has 0 saturated heterocycles. The van der Waals surface area contributed by atoms with Gasteiger partial charge in [-0.3, -0.25) is 4.79 Å². The summed E-state index contributed by atoms with van der Waals surface area (Å²) in [5, 5.41) is 0. The third-order valence-electron chi connectivity index (χ3n) is 2.96. The van der Waals surface area contributed by atoms with Gasteiger partial charge < -0.3 is 4.90 Å². The molecule has 0 bridgehead atoms. The van der Waals surface area contributed by atoms with Gasteiger partial charge in [0.15, 0.2) is 0 Å². The minimum absolute atomic E-state index is 0.0788. The van der Waals surface area contributed by atoms with Crippen molar-refractivity contribution in [1.29, 1.82) is 0 Å². The van der Waals surface area contributed by atoms with Crippen LogP contribution in [-0.2, 0) is 4.79 Å². The fourth-order valence-electron chi connectivity index (χ4n) is 1.58. The lowest BCUT2D eigenvalue weighted by Crippen LogP contribution is -2.32. The second kappa shape index (κ2) is 3.12. The van der Waals surface area contributed by atoms with Crippen LogP contribution < -0.4 is 4.90 Å². The summed E-state index contributed by atoms with van der Waals surface area (Å²) in [5.41, 5.74) is 0.899. The van der Waals surface area contributed by atoms with Crippen molar-refractivity contribution in [3.63, 3.8) is 0 Å². The zero-order valence-corrected chi connectivity index (χ0v) is 8.66. The molecule has 0 unspecified atom stereocenters. The number of carbonyl (C=O) groups is 1. The SMILES string of the molecule is CN(C(=O)C1(C)CC1)c1ccccc1. The van der Waals surface area contributed by atoms with E-state index in [-0.39, 0.29) is 11.3 Å². The van der Waals surface area contributed by atoms with E-state index in [0.717, 1.165) is 18.5 Å². The Kier molecular flexibility index (Phi) is 2.06. The Labute approximate surface area is 84.5 Å². The van der Waals surface area contributed by atoms with Gasteiger partial charge in [-0.1, -0.05) is 25.1 Å². The highest BCUT2D eigenvalue weighted by atomic mass is 16.2. The Morgan fingerprint density at radius 3 is 2.36 bits per heavy atom. The average Bonchev–Trinajstić information content (AvgIpc) is 2.97. The Hall–Kier alpha value is -1.31. The zero-order chi connectivity index (χ0) is 10.2.